The van der Waals surface area contributed by atoms with Gasteiger partial charge in [-0.15, -0.1) is 13.2 Å². The van der Waals surface area contributed by atoms with Crippen LogP contribution in [0.3, 0.4) is 0 Å². The van der Waals surface area contributed by atoms with Crippen molar-refractivity contribution < 1.29 is 33.7 Å². The van der Waals surface area contributed by atoms with Gasteiger partial charge in [0.25, 0.3) is 0 Å². The first-order valence-electron chi connectivity index (χ1n) is 15.4. The SMILES string of the molecule is C=CCCCCOC(=O)[C@@H]1[C@@H]2CCC3(O2)C(C(=O)N(CC=C)CCN2CCOCC2)N([C@@H](CO)[C@@H](C)CC)C(=O)[C@H]13. The molecule has 41 heavy (non-hydrogen) atoms. The molecule has 0 aromatic rings. The van der Waals surface area contributed by atoms with Gasteiger partial charge >= 0.3 is 5.97 Å². The molecule has 0 aromatic heterocycles. The topological polar surface area (TPSA) is 109 Å². The number of ether oxygens (including phenoxy) is 3. The first-order valence-corrected chi connectivity index (χ1v) is 15.4. The summed E-state index contributed by atoms with van der Waals surface area (Å²) < 4.78 is 17.7. The Morgan fingerprint density at radius 3 is 2.66 bits per heavy atom. The number of likely N-dealkylation sites (tertiary alicyclic amines) is 1. The smallest absolute Gasteiger partial charge is 0.312 e. The summed E-state index contributed by atoms with van der Waals surface area (Å²) in [4.78, 5) is 47.9. The molecule has 0 radical (unpaired) electrons. The maximum absolute atomic E-state index is 14.5. The highest BCUT2D eigenvalue weighted by atomic mass is 16.6. The highest BCUT2D eigenvalue weighted by molar-refractivity contribution is 5.98. The quantitative estimate of drug-likeness (QED) is 0.169. The van der Waals surface area contributed by atoms with Gasteiger partial charge in [-0.2, -0.15) is 0 Å². The minimum Gasteiger partial charge on any atom is -0.465 e. The molecule has 1 spiro atoms. The molecule has 4 heterocycles. The summed E-state index contributed by atoms with van der Waals surface area (Å²) in [6.45, 7) is 16.0. The average Bonchev–Trinajstić information content (AvgIpc) is 3.63. The molecule has 2 amide bonds. The van der Waals surface area contributed by atoms with Gasteiger partial charge in [0.15, 0.2) is 0 Å². The number of hydrogen-bond acceptors (Lipinski definition) is 8. The van der Waals surface area contributed by atoms with E-state index in [0.717, 1.165) is 32.4 Å². The van der Waals surface area contributed by atoms with Gasteiger partial charge < -0.3 is 29.1 Å². The Labute approximate surface area is 244 Å². The fourth-order valence-electron chi connectivity index (χ4n) is 7.18. The molecule has 4 rings (SSSR count). The monoisotopic (exact) mass is 575 g/mol. The molecule has 230 valence electrons. The van der Waals surface area contributed by atoms with Crippen molar-refractivity contribution in [2.24, 2.45) is 17.8 Å². The second-order valence-electron chi connectivity index (χ2n) is 11.9. The number of nitrogens with zero attached hydrogens (tertiary/aromatic N) is 3. The van der Waals surface area contributed by atoms with Crippen LogP contribution in [0.1, 0.15) is 52.4 Å². The fourth-order valence-corrected chi connectivity index (χ4v) is 7.18. The van der Waals surface area contributed by atoms with E-state index in [9.17, 15) is 19.5 Å². The van der Waals surface area contributed by atoms with Gasteiger partial charge in [-0.3, -0.25) is 19.3 Å². The number of rotatable bonds is 16. The molecule has 4 aliphatic rings. The second-order valence-corrected chi connectivity index (χ2v) is 11.9. The third-order valence-electron chi connectivity index (χ3n) is 9.59. The van der Waals surface area contributed by atoms with E-state index in [2.05, 4.69) is 18.1 Å². The van der Waals surface area contributed by atoms with Crippen LogP contribution < -0.4 is 0 Å². The molecule has 10 heteroatoms. The van der Waals surface area contributed by atoms with E-state index in [0.29, 0.717) is 52.1 Å². The lowest BCUT2D eigenvalue weighted by atomic mass is 9.70. The van der Waals surface area contributed by atoms with E-state index in [1.807, 2.05) is 19.9 Å². The van der Waals surface area contributed by atoms with Gasteiger partial charge in [-0.05, 0) is 38.0 Å². The Morgan fingerprint density at radius 1 is 1.24 bits per heavy atom. The third-order valence-corrected chi connectivity index (χ3v) is 9.59. The summed E-state index contributed by atoms with van der Waals surface area (Å²) in [5.74, 6) is -2.54. The Bertz CT molecular complexity index is 954. The van der Waals surface area contributed by atoms with Gasteiger partial charge in [0.1, 0.15) is 11.6 Å². The number of carbonyl (C=O) groups is 3. The average molecular weight is 576 g/mol. The van der Waals surface area contributed by atoms with E-state index in [-0.39, 0.29) is 30.9 Å². The first-order chi connectivity index (χ1) is 19.8. The third kappa shape index (κ3) is 6.26. The summed E-state index contributed by atoms with van der Waals surface area (Å²) in [6.07, 6.45) is 7.33. The van der Waals surface area contributed by atoms with Crippen LogP contribution in [0.4, 0.5) is 0 Å². The van der Waals surface area contributed by atoms with E-state index in [1.165, 1.54) is 0 Å². The molecular weight excluding hydrogens is 526 g/mol. The first kappa shape index (κ1) is 31.7. The Kier molecular flexibility index (Phi) is 11.0. The van der Waals surface area contributed by atoms with Crippen LogP contribution in [0.2, 0.25) is 0 Å². The zero-order chi connectivity index (χ0) is 29.6. The summed E-state index contributed by atoms with van der Waals surface area (Å²) in [5.41, 5.74) is -1.12. The van der Waals surface area contributed by atoms with Gasteiger partial charge in [-0.1, -0.05) is 32.4 Å². The molecule has 4 saturated heterocycles. The Morgan fingerprint density at radius 2 is 2.00 bits per heavy atom. The number of amides is 2. The van der Waals surface area contributed by atoms with Crippen LogP contribution >= 0.6 is 0 Å². The highest BCUT2D eigenvalue weighted by Crippen LogP contribution is 2.59. The zero-order valence-electron chi connectivity index (χ0n) is 24.9. The number of carbonyl (C=O) groups excluding carboxylic acids is 3. The van der Waals surface area contributed by atoms with E-state index in [4.69, 9.17) is 14.2 Å². The van der Waals surface area contributed by atoms with Crippen LogP contribution in [0.5, 0.6) is 0 Å². The predicted molar refractivity (Wildman–Crippen MR) is 154 cm³/mol. The molecule has 4 fully saturated rings. The van der Waals surface area contributed by atoms with Gasteiger partial charge in [0, 0.05) is 32.7 Å². The molecule has 0 aromatic carbocycles. The van der Waals surface area contributed by atoms with Crippen molar-refractivity contribution >= 4 is 17.8 Å². The van der Waals surface area contributed by atoms with E-state index < -0.39 is 41.6 Å². The highest BCUT2D eigenvalue weighted by Gasteiger charge is 2.75. The van der Waals surface area contributed by atoms with Crippen LogP contribution in [0, 0.1) is 17.8 Å². The Hall–Kier alpha value is -2.27. The fraction of sp³-hybridized carbons (Fsp3) is 0.774. The van der Waals surface area contributed by atoms with E-state index in [1.54, 1.807) is 15.9 Å². The van der Waals surface area contributed by atoms with Crippen LogP contribution in [0.25, 0.3) is 0 Å². The molecular formula is C31H49N3O7. The summed E-state index contributed by atoms with van der Waals surface area (Å²) in [6, 6.07) is -1.49. The van der Waals surface area contributed by atoms with Gasteiger partial charge in [0.05, 0.1) is 50.4 Å². The maximum atomic E-state index is 14.5. The second kappa shape index (κ2) is 14.3. The van der Waals surface area contributed by atoms with Crippen molar-refractivity contribution in [3.8, 4) is 0 Å². The summed E-state index contributed by atoms with van der Waals surface area (Å²) in [5, 5.41) is 10.5. The summed E-state index contributed by atoms with van der Waals surface area (Å²) in [7, 11) is 0. The van der Waals surface area contributed by atoms with Crippen molar-refractivity contribution in [3.63, 3.8) is 0 Å². The van der Waals surface area contributed by atoms with Crippen molar-refractivity contribution in [1.29, 1.82) is 0 Å². The van der Waals surface area contributed by atoms with Crippen LogP contribution in [-0.2, 0) is 28.6 Å². The maximum Gasteiger partial charge on any atom is 0.312 e. The van der Waals surface area contributed by atoms with Gasteiger partial charge in [0.2, 0.25) is 11.8 Å². The molecule has 2 unspecified atom stereocenters. The Balaban J connectivity index is 1.62. The number of esters is 1. The number of hydrogen-bond donors (Lipinski definition) is 1. The molecule has 0 aliphatic carbocycles. The lowest BCUT2D eigenvalue weighted by Gasteiger charge is -2.41. The molecule has 1 N–H and O–H groups in total. The number of unbranched alkanes of at least 4 members (excludes halogenated alkanes) is 2. The predicted octanol–water partition coefficient (Wildman–Crippen LogP) is 2.01. The number of fused-ring (bicyclic) bond motifs is 1. The molecule has 7 atom stereocenters. The number of aliphatic hydroxyl groups is 1. The van der Waals surface area contributed by atoms with E-state index >= 15 is 0 Å². The largest absolute Gasteiger partial charge is 0.465 e. The lowest BCUT2D eigenvalue weighted by Crippen LogP contribution is -2.60. The van der Waals surface area contributed by atoms with Crippen molar-refractivity contribution in [1.82, 2.24) is 14.7 Å². The van der Waals surface area contributed by atoms with Crippen molar-refractivity contribution in [3.05, 3.63) is 25.3 Å². The number of aliphatic hydroxyl groups excluding tert-OH is 1. The van der Waals surface area contributed by atoms with Gasteiger partial charge in [-0.25, -0.2) is 0 Å². The number of allylic oxidation sites excluding steroid dienone is 1. The number of morpholine rings is 1. The van der Waals surface area contributed by atoms with Crippen molar-refractivity contribution in [2.75, 3.05) is 59.2 Å². The minimum absolute atomic E-state index is 0.0526. The normalized spacial score (nSPS) is 30.6. The van der Waals surface area contributed by atoms with Crippen molar-refractivity contribution in [2.45, 2.75) is 76.2 Å². The van der Waals surface area contributed by atoms with Crippen LogP contribution in [0.15, 0.2) is 25.3 Å². The minimum atomic E-state index is -1.12. The molecule has 10 nitrogen and oxygen atoms in total. The molecule has 2 bridgehead atoms. The molecule has 0 saturated carbocycles. The molecule has 4 aliphatic heterocycles. The zero-order valence-corrected chi connectivity index (χ0v) is 24.9. The summed E-state index contributed by atoms with van der Waals surface area (Å²) >= 11 is 0. The lowest BCUT2D eigenvalue weighted by molar-refractivity contribution is -0.157. The standard InChI is InChI=1S/C31H49N3O7/c1-5-8-9-10-18-40-30(38)25-24-11-12-31(41-24)26(25)28(36)34(23(21-35)22(4)7-3)27(31)29(37)33(13-6-2)15-14-32-16-19-39-20-17-32/h5-6,22-27,35H,1-2,7-21H2,3-4H3/t22-,23-,24-,25+,26-,27?,31?/m0/s1. The van der Waals surface area contributed by atoms with Crippen LogP contribution in [-0.4, -0.2) is 121 Å².